The number of aryl methyl sites for hydroxylation is 1. The first-order valence-corrected chi connectivity index (χ1v) is 8.08. The highest BCUT2D eigenvalue weighted by atomic mass is 15.0. The predicted octanol–water partition coefficient (Wildman–Crippen LogP) is 4.48. The van der Waals surface area contributed by atoms with Gasteiger partial charge >= 0.3 is 0 Å². The molecule has 1 fully saturated rings. The van der Waals surface area contributed by atoms with Crippen LogP contribution in [0.4, 0.5) is 0 Å². The lowest BCUT2D eigenvalue weighted by atomic mass is 9.79. The van der Waals surface area contributed by atoms with Gasteiger partial charge in [0, 0.05) is 12.1 Å². The predicted molar refractivity (Wildman–Crippen MR) is 81.2 cm³/mol. The molecule has 1 atom stereocenters. The van der Waals surface area contributed by atoms with Gasteiger partial charge in [-0.25, -0.2) is 0 Å². The molecular weight excluding hydrogens is 230 g/mol. The van der Waals surface area contributed by atoms with Crippen LogP contribution < -0.4 is 5.32 Å². The van der Waals surface area contributed by atoms with Crippen LogP contribution in [0.2, 0.25) is 0 Å². The van der Waals surface area contributed by atoms with E-state index in [1.807, 2.05) is 0 Å². The summed E-state index contributed by atoms with van der Waals surface area (Å²) in [6.45, 7) is 4.76. The first-order chi connectivity index (χ1) is 9.24. The second-order valence-corrected chi connectivity index (χ2v) is 6.81. The molecule has 0 bridgehead atoms. The number of fused-ring (bicyclic) bond motifs is 1. The Labute approximate surface area is 117 Å². The fourth-order valence-corrected chi connectivity index (χ4v) is 3.97. The van der Waals surface area contributed by atoms with Crippen molar-refractivity contribution in [3.8, 4) is 0 Å². The third-order valence-corrected chi connectivity index (χ3v) is 5.28. The number of rotatable bonds is 3. The SMILES string of the molecule is CC(C)C1CCC(NC2CCc3ccccc32)CC1. The number of nitrogens with one attached hydrogen (secondary N) is 1. The maximum Gasteiger partial charge on any atom is 0.0328 e. The summed E-state index contributed by atoms with van der Waals surface area (Å²) in [4.78, 5) is 0. The van der Waals surface area contributed by atoms with Gasteiger partial charge in [0.1, 0.15) is 0 Å². The zero-order chi connectivity index (χ0) is 13.2. The molecule has 2 aliphatic rings. The first-order valence-electron chi connectivity index (χ1n) is 8.08. The van der Waals surface area contributed by atoms with Crippen LogP contribution in [0.3, 0.4) is 0 Å². The van der Waals surface area contributed by atoms with Crippen molar-refractivity contribution in [1.29, 1.82) is 0 Å². The number of hydrogen-bond donors (Lipinski definition) is 1. The van der Waals surface area contributed by atoms with Crippen LogP contribution in [-0.4, -0.2) is 6.04 Å². The molecule has 1 saturated carbocycles. The van der Waals surface area contributed by atoms with E-state index in [9.17, 15) is 0 Å². The molecule has 1 aromatic rings. The zero-order valence-corrected chi connectivity index (χ0v) is 12.4. The minimum Gasteiger partial charge on any atom is -0.307 e. The molecule has 0 radical (unpaired) electrons. The zero-order valence-electron chi connectivity index (χ0n) is 12.4. The summed E-state index contributed by atoms with van der Waals surface area (Å²) in [6.07, 6.45) is 8.15. The largest absolute Gasteiger partial charge is 0.307 e. The maximum absolute atomic E-state index is 3.93. The normalized spacial score (nSPS) is 30.6. The van der Waals surface area contributed by atoms with Gasteiger partial charge in [-0.1, -0.05) is 38.1 Å². The highest BCUT2D eigenvalue weighted by Crippen LogP contribution is 2.34. The van der Waals surface area contributed by atoms with Gasteiger partial charge in [-0.05, 0) is 61.5 Å². The van der Waals surface area contributed by atoms with Crippen molar-refractivity contribution in [3.05, 3.63) is 35.4 Å². The van der Waals surface area contributed by atoms with Gasteiger partial charge in [-0.2, -0.15) is 0 Å². The fraction of sp³-hybridized carbons (Fsp3) is 0.667. The molecule has 1 unspecified atom stereocenters. The summed E-state index contributed by atoms with van der Waals surface area (Å²) in [5.41, 5.74) is 3.13. The van der Waals surface area contributed by atoms with E-state index in [4.69, 9.17) is 0 Å². The third-order valence-electron chi connectivity index (χ3n) is 5.28. The molecule has 1 aromatic carbocycles. The van der Waals surface area contributed by atoms with Crippen LogP contribution in [0.25, 0.3) is 0 Å². The highest BCUT2D eigenvalue weighted by Gasteiger charge is 2.27. The second kappa shape index (κ2) is 5.66. The summed E-state index contributed by atoms with van der Waals surface area (Å²) >= 11 is 0. The molecule has 3 rings (SSSR count). The van der Waals surface area contributed by atoms with Crippen LogP contribution in [0, 0.1) is 11.8 Å². The molecule has 0 heterocycles. The van der Waals surface area contributed by atoms with Crippen molar-refractivity contribution in [3.63, 3.8) is 0 Å². The minimum atomic E-state index is 0.622. The molecule has 0 aromatic heterocycles. The van der Waals surface area contributed by atoms with E-state index in [-0.39, 0.29) is 0 Å². The summed E-state index contributed by atoms with van der Waals surface area (Å²) in [6, 6.07) is 10.4. The Balaban J connectivity index is 1.57. The Kier molecular flexibility index (Phi) is 3.93. The van der Waals surface area contributed by atoms with Crippen molar-refractivity contribution >= 4 is 0 Å². The Morgan fingerprint density at radius 2 is 1.74 bits per heavy atom. The van der Waals surface area contributed by atoms with E-state index in [1.54, 1.807) is 11.1 Å². The van der Waals surface area contributed by atoms with Crippen LogP contribution in [0.15, 0.2) is 24.3 Å². The van der Waals surface area contributed by atoms with Gasteiger partial charge in [-0.15, -0.1) is 0 Å². The summed E-state index contributed by atoms with van der Waals surface area (Å²) < 4.78 is 0. The van der Waals surface area contributed by atoms with Crippen LogP contribution in [-0.2, 0) is 6.42 Å². The van der Waals surface area contributed by atoms with E-state index in [0.717, 1.165) is 17.9 Å². The third kappa shape index (κ3) is 2.86. The molecule has 0 spiro atoms. The van der Waals surface area contributed by atoms with Gasteiger partial charge in [0.25, 0.3) is 0 Å². The smallest absolute Gasteiger partial charge is 0.0328 e. The number of benzene rings is 1. The molecule has 1 nitrogen and oxygen atoms in total. The highest BCUT2D eigenvalue weighted by molar-refractivity contribution is 5.34. The van der Waals surface area contributed by atoms with Gasteiger partial charge in [-0.3, -0.25) is 0 Å². The summed E-state index contributed by atoms with van der Waals surface area (Å²) in [7, 11) is 0. The van der Waals surface area contributed by atoms with Crippen LogP contribution in [0.1, 0.15) is 63.1 Å². The van der Waals surface area contributed by atoms with E-state index >= 15 is 0 Å². The van der Waals surface area contributed by atoms with Gasteiger partial charge in [0.15, 0.2) is 0 Å². The standard InChI is InChI=1S/C18H27N/c1-13(2)14-7-10-16(11-8-14)19-18-12-9-15-5-3-4-6-17(15)18/h3-6,13-14,16,18-19H,7-12H2,1-2H3. The summed E-state index contributed by atoms with van der Waals surface area (Å²) in [5, 5.41) is 3.93. The molecule has 0 amide bonds. The lowest BCUT2D eigenvalue weighted by Gasteiger charge is -2.33. The Morgan fingerprint density at radius 3 is 2.47 bits per heavy atom. The molecule has 104 valence electrons. The van der Waals surface area contributed by atoms with Crippen molar-refractivity contribution in [2.24, 2.45) is 11.8 Å². The minimum absolute atomic E-state index is 0.622. The van der Waals surface area contributed by atoms with Crippen molar-refractivity contribution in [2.75, 3.05) is 0 Å². The molecular formula is C18H27N. The van der Waals surface area contributed by atoms with E-state index in [1.165, 1.54) is 38.5 Å². The molecule has 2 aliphatic carbocycles. The van der Waals surface area contributed by atoms with E-state index in [0.29, 0.717) is 6.04 Å². The summed E-state index contributed by atoms with van der Waals surface area (Å²) in [5.74, 6) is 1.84. The molecule has 0 saturated heterocycles. The quantitative estimate of drug-likeness (QED) is 0.842. The topological polar surface area (TPSA) is 12.0 Å². The van der Waals surface area contributed by atoms with Crippen LogP contribution >= 0.6 is 0 Å². The lowest BCUT2D eigenvalue weighted by molar-refractivity contribution is 0.228. The lowest BCUT2D eigenvalue weighted by Crippen LogP contribution is -2.36. The average Bonchev–Trinajstić information content (AvgIpc) is 2.83. The van der Waals surface area contributed by atoms with E-state index < -0.39 is 0 Å². The van der Waals surface area contributed by atoms with Gasteiger partial charge < -0.3 is 5.32 Å². The van der Waals surface area contributed by atoms with Crippen molar-refractivity contribution < 1.29 is 0 Å². The first kappa shape index (κ1) is 13.2. The van der Waals surface area contributed by atoms with Gasteiger partial charge in [0.2, 0.25) is 0 Å². The average molecular weight is 257 g/mol. The molecule has 1 heteroatoms. The van der Waals surface area contributed by atoms with Crippen LogP contribution in [0.5, 0.6) is 0 Å². The molecule has 1 N–H and O–H groups in total. The van der Waals surface area contributed by atoms with Crippen molar-refractivity contribution in [2.45, 2.75) is 64.5 Å². The molecule has 19 heavy (non-hydrogen) atoms. The van der Waals surface area contributed by atoms with Crippen molar-refractivity contribution in [1.82, 2.24) is 5.32 Å². The monoisotopic (exact) mass is 257 g/mol. The van der Waals surface area contributed by atoms with Gasteiger partial charge in [0.05, 0.1) is 0 Å². The van der Waals surface area contributed by atoms with E-state index in [2.05, 4.69) is 43.4 Å². The Bertz CT molecular complexity index is 415. The fourth-order valence-electron chi connectivity index (χ4n) is 3.97. The Hall–Kier alpha value is -0.820. The number of hydrogen-bond acceptors (Lipinski definition) is 1. The maximum atomic E-state index is 3.93. The Morgan fingerprint density at radius 1 is 1.00 bits per heavy atom. The molecule has 0 aliphatic heterocycles. The second-order valence-electron chi connectivity index (χ2n) is 6.81.